The average molecular weight is 448 g/mol. The van der Waals surface area contributed by atoms with Crippen LogP contribution in [0, 0.1) is 0 Å². The fourth-order valence-corrected chi connectivity index (χ4v) is 3.89. The number of urea groups is 1. The van der Waals surface area contributed by atoms with Crippen molar-refractivity contribution >= 4 is 40.6 Å². The lowest BCUT2D eigenvalue weighted by Crippen LogP contribution is -2.35. The minimum atomic E-state index is -1.11. The van der Waals surface area contributed by atoms with E-state index < -0.39 is 23.6 Å². The van der Waals surface area contributed by atoms with Crippen LogP contribution in [0.1, 0.15) is 18.0 Å². The molecule has 156 valence electrons. The van der Waals surface area contributed by atoms with E-state index in [4.69, 9.17) is 11.6 Å². The molecule has 0 aliphatic carbocycles. The number of aliphatic carboxylic acids is 1. The fraction of sp³-hybridized carbons (Fsp3) is 0.150. The minimum absolute atomic E-state index is 0.298. The van der Waals surface area contributed by atoms with Gasteiger partial charge in [0, 0.05) is 18.1 Å². The highest BCUT2D eigenvalue weighted by molar-refractivity contribution is 7.19. The number of anilines is 1. The molecule has 0 saturated carbocycles. The molecular formula is C20H18ClN3O5S. The third-order valence-electron chi connectivity index (χ3n) is 4.32. The van der Waals surface area contributed by atoms with Gasteiger partial charge in [0.1, 0.15) is 5.75 Å². The summed E-state index contributed by atoms with van der Waals surface area (Å²) in [5.74, 6) is -1.50. The summed E-state index contributed by atoms with van der Waals surface area (Å²) < 4.78 is 1.82. The summed E-state index contributed by atoms with van der Waals surface area (Å²) in [7, 11) is 1.47. The Hall–Kier alpha value is -3.30. The zero-order valence-electron chi connectivity index (χ0n) is 15.8. The van der Waals surface area contributed by atoms with Gasteiger partial charge in [-0.2, -0.15) is 0 Å². The molecule has 8 nitrogen and oxygen atoms in total. The monoisotopic (exact) mass is 447 g/mol. The van der Waals surface area contributed by atoms with Crippen molar-refractivity contribution in [2.45, 2.75) is 12.5 Å². The Kier molecular flexibility index (Phi) is 6.43. The first-order chi connectivity index (χ1) is 14.2. The number of pyridine rings is 1. The van der Waals surface area contributed by atoms with E-state index in [9.17, 15) is 24.6 Å². The van der Waals surface area contributed by atoms with Gasteiger partial charge in [0.2, 0.25) is 0 Å². The lowest BCUT2D eigenvalue weighted by molar-refractivity contribution is -0.137. The molecule has 0 aliphatic heterocycles. The summed E-state index contributed by atoms with van der Waals surface area (Å²) in [6.07, 6.45) is 0.983. The van der Waals surface area contributed by atoms with Crippen molar-refractivity contribution in [1.82, 2.24) is 9.88 Å². The van der Waals surface area contributed by atoms with Crippen molar-refractivity contribution in [1.29, 1.82) is 0 Å². The Morgan fingerprint density at radius 1 is 1.23 bits per heavy atom. The Balaban J connectivity index is 1.85. The predicted octanol–water partition coefficient (Wildman–Crippen LogP) is 3.81. The van der Waals surface area contributed by atoms with Crippen LogP contribution in [0.15, 0.2) is 53.5 Å². The number of carboxylic acids is 1. The zero-order chi connectivity index (χ0) is 21.8. The van der Waals surface area contributed by atoms with Crippen LogP contribution in [0.2, 0.25) is 4.34 Å². The second-order valence-corrected chi connectivity index (χ2v) is 8.19. The smallest absolute Gasteiger partial charge is 0.319 e. The molecule has 2 amide bonds. The van der Waals surface area contributed by atoms with Gasteiger partial charge in [-0.15, -0.1) is 11.3 Å². The molecule has 1 aromatic carbocycles. The molecule has 0 unspecified atom stereocenters. The second-order valence-electron chi connectivity index (χ2n) is 6.47. The number of hydrogen-bond donors (Lipinski definition) is 4. The molecule has 2 heterocycles. The number of aromatic hydroxyl groups is 1. The number of rotatable bonds is 6. The van der Waals surface area contributed by atoms with E-state index >= 15 is 0 Å². The number of carboxylic acid groups (broad SMARTS) is 1. The lowest BCUT2D eigenvalue weighted by atomic mass is 10.0. The molecule has 0 fully saturated rings. The Morgan fingerprint density at radius 3 is 2.67 bits per heavy atom. The highest BCUT2D eigenvalue weighted by Crippen LogP contribution is 2.32. The third-order valence-corrected chi connectivity index (χ3v) is 5.60. The van der Waals surface area contributed by atoms with Gasteiger partial charge in [-0.25, -0.2) is 4.79 Å². The molecule has 4 N–H and O–H groups in total. The molecule has 0 saturated heterocycles. The summed E-state index contributed by atoms with van der Waals surface area (Å²) in [6.45, 7) is 0. The second kappa shape index (κ2) is 9.02. The van der Waals surface area contributed by atoms with Crippen molar-refractivity contribution in [2.24, 2.45) is 7.05 Å². The molecule has 3 rings (SSSR count). The number of hydrogen-bond acceptors (Lipinski definition) is 5. The first-order valence-electron chi connectivity index (χ1n) is 8.78. The van der Waals surface area contributed by atoms with E-state index in [-0.39, 0.29) is 17.9 Å². The maximum Gasteiger partial charge on any atom is 0.319 e. The van der Waals surface area contributed by atoms with Gasteiger partial charge in [-0.3, -0.25) is 9.59 Å². The fourth-order valence-electron chi connectivity index (χ4n) is 2.85. The molecule has 0 bridgehead atoms. The van der Waals surface area contributed by atoms with Crippen molar-refractivity contribution in [2.75, 3.05) is 5.32 Å². The summed E-state index contributed by atoms with van der Waals surface area (Å²) in [6, 6.07) is 10.3. The highest BCUT2D eigenvalue weighted by Gasteiger charge is 2.20. The molecule has 10 heteroatoms. The van der Waals surface area contributed by atoms with E-state index in [1.807, 2.05) is 12.1 Å². The van der Waals surface area contributed by atoms with Crippen LogP contribution in [0.3, 0.4) is 0 Å². The van der Waals surface area contributed by atoms with Gasteiger partial charge in [0.05, 0.1) is 16.8 Å². The van der Waals surface area contributed by atoms with Crippen LogP contribution in [-0.2, 0) is 11.8 Å². The maximum atomic E-state index is 12.5. The molecule has 1 atom stereocenters. The number of carbonyl (C=O) groups is 2. The maximum absolute atomic E-state index is 12.5. The largest absolute Gasteiger partial charge is 0.505 e. The van der Waals surface area contributed by atoms with Gasteiger partial charge in [-0.1, -0.05) is 29.8 Å². The number of aryl methyl sites for hydroxylation is 1. The lowest BCUT2D eigenvalue weighted by Gasteiger charge is -2.19. The van der Waals surface area contributed by atoms with E-state index in [1.54, 1.807) is 24.3 Å². The molecule has 0 spiro atoms. The summed E-state index contributed by atoms with van der Waals surface area (Å²) in [5, 5.41) is 24.0. The number of carbonyl (C=O) groups excluding carboxylic acids is 1. The Bertz CT molecular complexity index is 1160. The van der Waals surface area contributed by atoms with E-state index in [2.05, 4.69) is 10.6 Å². The Morgan fingerprint density at radius 2 is 2.00 bits per heavy atom. The van der Waals surface area contributed by atoms with Crippen molar-refractivity contribution in [3.8, 4) is 16.2 Å². The normalized spacial score (nSPS) is 11.7. The predicted molar refractivity (Wildman–Crippen MR) is 115 cm³/mol. The van der Waals surface area contributed by atoms with E-state index in [1.165, 1.54) is 35.2 Å². The standard InChI is InChI=1S/C20H18ClN3O5S/c1-24-8-7-14(25)18(19(24)28)23-20(29)22-13(10-17(26)27)11-3-2-4-12(9-11)15-5-6-16(21)30-15/h2-9,13,25H,10H2,1H3,(H,26,27)(H2,22,23,29)/t13-/m0/s1. The molecule has 0 aliphatic rings. The molecular weight excluding hydrogens is 430 g/mol. The van der Waals surface area contributed by atoms with Crippen LogP contribution >= 0.6 is 22.9 Å². The molecule has 0 radical (unpaired) electrons. The SMILES string of the molecule is Cn1ccc(O)c(NC(=O)N[C@@H](CC(=O)O)c2cccc(-c3ccc(Cl)s3)c2)c1=O. The average Bonchev–Trinajstić information content (AvgIpc) is 3.14. The molecule has 30 heavy (non-hydrogen) atoms. The third kappa shape index (κ3) is 5.00. The first kappa shape index (κ1) is 21.4. The van der Waals surface area contributed by atoms with Crippen molar-refractivity contribution < 1.29 is 19.8 Å². The quantitative estimate of drug-likeness (QED) is 0.458. The van der Waals surface area contributed by atoms with Gasteiger partial charge < -0.3 is 25.4 Å². The zero-order valence-corrected chi connectivity index (χ0v) is 17.3. The number of halogens is 1. The van der Waals surface area contributed by atoms with E-state index in [0.717, 1.165) is 10.4 Å². The van der Waals surface area contributed by atoms with Crippen LogP contribution in [0.5, 0.6) is 5.75 Å². The van der Waals surface area contributed by atoms with Crippen molar-refractivity contribution in [3.05, 3.63) is 68.9 Å². The van der Waals surface area contributed by atoms with Crippen LogP contribution in [0.25, 0.3) is 10.4 Å². The minimum Gasteiger partial charge on any atom is -0.505 e. The molecule has 3 aromatic rings. The highest BCUT2D eigenvalue weighted by atomic mass is 35.5. The van der Waals surface area contributed by atoms with Crippen LogP contribution in [0.4, 0.5) is 10.5 Å². The van der Waals surface area contributed by atoms with Crippen LogP contribution < -0.4 is 16.2 Å². The number of amides is 2. The summed E-state index contributed by atoms with van der Waals surface area (Å²) >= 11 is 7.37. The van der Waals surface area contributed by atoms with Crippen molar-refractivity contribution in [3.63, 3.8) is 0 Å². The van der Waals surface area contributed by atoms with Gasteiger partial charge in [0.25, 0.3) is 5.56 Å². The first-order valence-corrected chi connectivity index (χ1v) is 9.97. The number of thiophene rings is 1. The van der Waals surface area contributed by atoms with Crippen LogP contribution in [-0.4, -0.2) is 26.8 Å². The summed E-state index contributed by atoms with van der Waals surface area (Å²) in [4.78, 5) is 36.8. The topological polar surface area (TPSA) is 121 Å². The summed E-state index contributed by atoms with van der Waals surface area (Å²) in [5.41, 5.74) is 0.501. The van der Waals surface area contributed by atoms with Gasteiger partial charge >= 0.3 is 12.0 Å². The molecule has 2 aromatic heterocycles. The Labute approximate surface area is 180 Å². The van der Waals surface area contributed by atoms with E-state index in [0.29, 0.717) is 9.90 Å². The number of nitrogens with zero attached hydrogens (tertiary/aromatic N) is 1. The number of aromatic nitrogens is 1. The van der Waals surface area contributed by atoms with Gasteiger partial charge in [-0.05, 0) is 35.4 Å². The number of benzene rings is 1. The number of nitrogens with one attached hydrogen (secondary N) is 2. The van der Waals surface area contributed by atoms with Gasteiger partial charge in [0.15, 0.2) is 5.69 Å².